The number of thioether (sulfide) groups is 1. The number of primary amides is 1. The molecule has 0 radical (unpaired) electrons. The molecule has 0 aliphatic rings. The topological polar surface area (TPSA) is 69.1 Å². The number of anilines is 1. The molecule has 0 aromatic heterocycles. The van der Waals surface area contributed by atoms with Crippen molar-refractivity contribution in [3.05, 3.63) is 58.7 Å². The fourth-order valence-electron chi connectivity index (χ4n) is 2.18. The Morgan fingerprint density at radius 2 is 1.75 bits per heavy atom. The quantitative estimate of drug-likeness (QED) is 0.669. The molecule has 2 aromatic rings. The standard InChI is InChI=1S/C16H18N2OS/c1-10-5-11(2)7-12(6-10)9-20-15-8-13(17)3-4-14(15)16(18)19/h3-8H,9,17H2,1-2H3,(H2,18,19). The number of rotatable bonds is 4. The van der Waals surface area contributed by atoms with Gasteiger partial charge in [0.05, 0.1) is 5.56 Å². The molecule has 0 saturated carbocycles. The predicted octanol–water partition coefficient (Wildman–Crippen LogP) is 3.28. The van der Waals surface area contributed by atoms with Crippen molar-refractivity contribution in [2.45, 2.75) is 24.5 Å². The van der Waals surface area contributed by atoms with E-state index in [9.17, 15) is 4.79 Å². The van der Waals surface area contributed by atoms with Gasteiger partial charge in [0.2, 0.25) is 5.91 Å². The molecule has 1 amide bonds. The molecule has 0 spiro atoms. The van der Waals surface area contributed by atoms with Gasteiger partial charge >= 0.3 is 0 Å². The zero-order valence-corrected chi connectivity index (χ0v) is 12.5. The van der Waals surface area contributed by atoms with Crippen molar-refractivity contribution in [1.82, 2.24) is 0 Å². The number of amides is 1. The molecule has 4 heteroatoms. The summed E-state index contributed by atoms with van der Waals surface area (Å²) in [5, 5.41) is 0. The molecular weight excluding hydrogens is 268 g/mol. The van der Waals surface area contributed by atoms with E-state index < -0.39 is 5.91 Å². The smallest absolute Gasteiger partial charge is 0.249 e. The fraction of sp³-hybridized carbons (Fsp3) is 0.188. The number of carbonyl (C=O) groups excluding carboxylic acids is 1. The molecule has 20 heavy (non-hydrogen) atoms. The van der Waals surface area contributed by atoms with E-state index in [1.165, 1.54) is 16.7 Å². The normalized spacial score (nSPS) is 10.5. The number of nitrogen functional groups attached to an aromatic ring is 1. The van der Waals surface area contributed by atoms with Crippen molar-refractivity contribution in [3.8, 4) is 0 Å². The molecule has 0 unspecified atom stereocenters. The van der Waals surface area contributed by atoms with Crippen molar-refractivity contribution in [1.29, 1.82) is 0 Å². The van der Waals surface area contributed by atoms with Gasteiger partial charge in [0, 0.05) is 16.3 Å². The van der Waals surface area contributed by atoms with Crippen LogP contribution in [0.1, 0.15) is 27.0 Å². The minimum absolute atomic E-state index is 0.423. The molecule has 104 valence electrons. The largest absolute Gasteiger partial charge is 0.399 e. The Morgan fingerprint density at radius 3 is 2.35 bits per heavy atom. The van der Waals surface area contributed by atoms with Crippen LogP contribution >= 0.6 is 11.8 Å². The zero-order chi connectivity index (χ0) is 14.7. The van der Waals surface area contributed by atoms with Gasteiger partial charge < -0.3 is 11.5 Å². The Morgan fingerprint density at radius 1 is 1.10 bits per heavy atom. The van der Waals surface area contributed by atoms with Gasteiger partial charge in [0.15, 0.2) is 0 Å². The average Bonchev–Trinajstić information content (AvgIpc) is 2.35. The molecule has 0 aliphatic heterocycles. The number of nitrogens with two attached hydrogens (primary N) is 2. The van der Waals surface area contributed by atoms with Gasteiger partial charge in [-0.25, -0.2) is 0 Å². The van der Waals surface area contributed by atoms with E-state index >= 15 is 0 Å². The molecule has 3 nitrogen and oxygen atoms in total. The molecule has 0 heterocycles. The van der Waals surface area contributed by atoms with Gasteiger partial charge in [-0.1, -0.05) is 29.3 Å². The lowest BCUT2D eigenvalue weighted by molar-refractivity contribution is 0.0997. The van der Waals surface area contributed by atoms with Crippen molar-refractivity contribution in [2.24, 2.45) is 5.73 Å². The number of aryl methyl sites for hydroxylation is 2. The van der Waals surface area contributed by atoms with Crippen LogP contribution in [-0.4, -0.2) is 5.91 Å². The van der Waals surface area contributed by atoms with Crippen molar-refractivity contribution >= 4 is 23.4 Å². The maximum Gasteiger partial charge on any atom is 0.249 e. The molecule has 2 aromatic carbocycles. The van der Waals surface area contributed by atoms with E-state index in [-0.39, 0.29) is 0 Å². The van der Waals surface area contributed by atoms with Crippen LogP contribution in [0.3, 0.4) is 0 Å². The Kier molecular flexibility index (Phi) is 4.35. The second kappa shape index (κ2) is 6.01. The maximum absolute atomic E-state index is 11.4. The lowest BCUT2D eigenvalue weighted by atomic mass is 10.1. The number of hydrogen-bond donors (Lipinski definition) is 2. The molecule has 0 bridgehead atoms. The van der Waals surface area contributed by atoms with Crippen LogP contribution in [0.5, 0.6) is 0 Å². The van der Waals surface area contributed by atoms with Crippen molar-refractivity contribution < 1.29 is 4.79 Å². The van der Waals surface area contributed by atoms with Crippen LogP contribution < -0.4 is 11.5 Å². The first-order valence-corrected chi connectivity index (χ1v) is 7.33. The van der Waals surface area contributed by atoms with Crippen LogP contribution in [0.15, 0.2) is 41.3 Å². The van der Waals surface area contributed by atoms with Crippen LogP contribution in [0.25, 0.3) is 0 Å². The summed E-state index contributed by atoms with van der Waals surface area (Å²) in [6.07, 6.45) is 0. The summed E-state index contributed by atoms with van der Waals surface area (Å²) in [6, 6.07) is 11.6. The summed E-state index contributed by atoms with van der Waals surface area (Å²) in [6.45, 7) is 4.16. The van der Waals surface area contributed by atoms with Crippen LogP contribution in [-0.2, 0) is 5.75 Å². The highest BCUT2D eigenvalue weighted by Gasteiger charge is 2.09. The molecule has 0 aliphatic carbocycles. The Hall–Kier alpha value is -1.94. The molecule has 0 fully saturated rings. The first-order valence-electron chi connectivity index (χ1n) is 6.35. The molecule has 2 rings (SSSR count). The predicted molar refractivity (Wildman–Crippen MR) is 84.8 cm³/mol. The third kappa shape index (κ3) is 3.54. The Bertz CT molecular complexity index is 633. The van der Waals surface area contributed by atoms with Crippen LogP contribution in [0.4, 0.5) is 5.69 Å². The average molecular weight is 286 g/mol. The lowest BCUT2D eigenvalue weighted by Gasteiger charge is -2.09. The third-order valence-electron chi connectivity index (χ3n) is 2.95. The van der Waals surface area contributed by atoms with Gasteiger partial charge in [-0.2, -0.15) is 0 Å². The number of hydrogen-bond acceptors (Lipinski definition) is 3. The summed E-state index contributed by atoms with van der Waals surface area (Å²) in [5.74, 6) is 0.361. The van der Waals surface area contributed by atoms with E-state index in [0.29, 0.717) is 11.3 Å². The summed E-state index contributed by atoms with van der Waals surface area (Å²) in [5.41, 5.74) is 16.0. The van der Waals surface area contributed by atoms with Gasteiger partial charge in [0.25, 0.3) is 0 Å². The van der Waals surface area contributed by atoms with E-state index in [2.05, 4.69) is 32.0 Å². The minimum atomic E-state index is -0.423. The van der Waals surface area contributed by atoms with Crippen molar-refractivity contribution in [3.63, 3.8) is 0 Å². The van der Waals surface area contributed by atoms with E-state index in [1.54, 1.807) is 30.0 Å². The fourth-order valence-corrected chi connectivity index (χ4v) is 3.21. The molecule has 0 atom stereocenters. The first-order chi connectivity index (χ1) is 9.45. The summed E-state index contributed by atoms with van der Waals surface area (Å²) in [4.78, 5) is 12.3. The first kappa shape index (κ1) is 14.5. The number of benzene rings is 2. The molecule has 4 N–H and O–H groups in total. The van der Waals surface area contributed by atoms with Crippen molar-refractivity contribution in [2.75, 3.05) is 5.73 Å². The minimum Gasteiger partial charge on any atom is -0.399 e. The summed E-state index contributed by atoms with van der Waals surface area (Å²) < 4.78 is 0. The SMILES string of the molecule is Cc1cc(C)cc(CSc2cc(N)ccc2C(N)=O)c1. The molecule has 0 saturated heterocycles. The van der Waals surface area contributed by atoms with Crippen LogP contribution in [0.2, 0.25) is 0 Å². The van der Waals surface area contributed by atoms with Gasteiger partial charge in [-0.05, 0) is 37.6 Å². The highest BCUT2D eigenvalue weighted by atomic mass is 32.2. The van der Waals surface area contributed by atoms with Gasteiger partial charge in [0.1, 0.15) is 0 Å². The second-order valence-corrected chi connectivity index (χ2v) is 5.92. The van der Waals surface area contributed by atoms with Crippen LogP contribution in [0, 0.1) is 13.8 Å². The van der Waals surface area contributed by atoms with Gasteiger partial charge in [-0.3, -0.25) is 4.79 Å². The van der Waals surface area contributed by atoms with E-state index in [4.69, 9.17) is 11.5 Å². The van der Waals surface area contributed by atoms with E-state index in [0.717, 1.165) is 10.6 Å². The summed E-state index contributed by atoms with van der Waals surface area (Å²) in [7, 11) is 0. The highest BCUT2D eigenvalue weighted by Crippen LogP contribution is 2.28. The van der Waals surface area contributed by atoms with Gasteiger partial charge in [-0.15, -0.1) is 11.8 Å². The Balaban J connectivity index is 2.22. The molecular formula is C16H18N2OS. The lowest BCUT2D eigenvalue weighted by Crippen LogP contribution is -2.12. The highest BCUT2D eigenvalue weighted by molar-refractivity contribution is 7.98. The number of carbonyl (C=O) groups is 1. The monoisotopic (exact) mass is 286 g/mol. The summed E-state index contributed by atoms with van der Waals surface area (Å²) >= 11 is 1.58. The zero-order valence-electron chi connectivity index (χ0n) is 11.6. The second-order valence-electron chi connectivity index (χ2n) is 4.90. The Labute approximate surface area is 123 Å². The third-order valence-corrected chi connectivity index (χ3v) is 4.07. The van der Waals surface area contributed by atoms with E-state index in [1.807, 2.05) is 0 Å². The maximum atomic E-state index is 11.4.